The van der Waals surface area contributed by atoms with Crippen molar-refractivity contribution in [3.8, 4) is 0 Å². The molecule has 0 unspecified atom stereocenters. The van der Waals surface area contributed by atoms with Gasteiger partial charge in [-0.15, -0.1) is 0 Å². The maximum absolute atomic E-state index is 12.1. The number of benzene rings is 1. The van der Waals surface area contributed by atoms with E-state index in [0.29, 0.717) is 6.54 Å². The van der Waals surface area contributed by atoms with Crippen molar-refractivity contribution >= 4 is 5.91 Å². The summed E-state index contributed by atoms with van der Waals surface area (Å²) >= 11 is 0. The fraction of sp³-hybridized carbons (Fsp3) is 0.562. The van der Waals surface area contributed by atoms with Gasteiger partial charge in [0.25, 0.3) is 0 Å². The van der Waals surface area contributed by atoms with E-state index in [9.17, 15) is 4.79 Å². The van der Waals surface area contributed by atoms with Crippen LogP contribution < -0.4 is 5.32 Å². The van der Waals surface area contributed by atoms with E-state index >= 15 is 0 Å². The van der Waals surface area contributed by atoms with Crippen LogP contribution in [0.15, 0.2) is 24.3 Å². The molecule has 19 heavy (non-hydrogen) atoms. The number of carbonyl (C=O) groups is 1. The topological polar surface area (TPSA) is 32.3 Å². The molecule has 0 spiro atoms. The summed E-state index contributed by atoms with van der Waals surface area (Å²) in [6, 6.07) is 8.55. The van der Waals surface area contributed by atoms with Crippen LogP contribution in [0.3, 0.4) is 0 Å². The second-order valence-electron chi connectivity index (χ2n) is 5.40. The van der Waals surface area contributed by atoms with Gasteiger partial charge in [0.2, 0.25) is 5.91 Å². The number of aryl methyl sites for hydroxylation is 1. The van der Waals surface area contributed by atoms with Gasteiger partial charge in [0, 0.05) is 19.1 Å². The highest BCUT2D eigenvalue weighted by Crippen LogP contribution is 2.16. The van der Waals surface area contributed by atoms with Crippen LogP contribution in [0.1, 0.15) is 43.4 Å². The van der Waals surface area contributed by atoms with Crippen LogP contribution in [0.25, 0.3) is 0 Å². The monoisotopic (exact) mass is 260 g/mol. The third kappa shape index (κ3) is 3.80. The minimum atomic E-state index is 0.218. The number of amides is 1. The Morgan fingerprint density at radius 1 is 1.26 bits per heavy atom. The summed E-state index contributed by atoms with van der Waals surface area (Å²) in [7, 11) is 0. The predicted octanol–water partition coefficient (Wildman–Crippen LogP) is 2.66. The maximum atomic E-state index is 12.1. The molecule has 0 aliphatic carbocycles. The molecule has 1 heterocycles. The smallest absolute Gasteiger partial charge is 0.236 e. The molecular weight excluding hydrogens is 236 g/mol. The summed E-state index contributed by atoms with van der Waals surface area (Å²) in [4.78, 5) is 14.1. The minimum absolute atomic E-state index is 0.218. The van der Waals surface area contributed by atoms with E-state index in [2.05, 4.69) is 31.3 Å². The van der Waals surface area contributed by atoms with Gasteiger partial charge in [0.15, 0.2) is 0 Å². The van der Waals surface area contributed by atoms with Crippen molar-refractivity contribution in [3.05, 3.63) is 35.4 Å². The average Bonchev–Trinajstić information content (AvgIpc) is 2.46. The lowest BCUT2D eigenvalue weighted by atomic mass is 10.0. The van der Waals surface area contributed by atoms with Crippen molar-refractivity contribution in [3.63, 3.8) is 0 Å². The van der Waals surface area contributed by atoms with Crippen molar-refractivity contribution < 1.29 is 4.79 Å². The van der Waals surface area contributed by atoms with Crippen LogP contribution >= 0.6 is 0 Å². The van der Waals surface area contributed by atoms with Crippen molar-refractivity contribution in [1.82, 2.24) is 10.2 Å². The molecule has 1 aliphatic rings. The summed E-state index contributed by atoms with van der Waals surface area (Å²) < 4.78 is 0. The first-order chi connectivity index (χ1) is 9.18. The molecule has 104 valence electrons. The summed E-state index contributed by atoms with van der Waals surface area (Å²) in [5, 5.41) is 3.35. The number of hydrogen-bond donors (Lipinski definition) is 1. The van der Waals surface area contributed by atoms with Crippen LogP contribution in [0.5, 0.6) is 0 Å². The van der Waals surface area contributed by atoms with Gasteiger partial charge in [-0.3, -0.25) is 4.79 Å². The molecule has 1 aromatic carbocycles. The van der Waals surface area contributed by atoms with Crippen LogP contribution in [0.2, 0.25) is 0 Å². The number of rotatable bonds is 4. The number of likely N-dealkylation sites (tertiary alicyclic amines) is 1. The largest absolute Gasteiger partial charge is 0.342 e. The number of carbonyl (C=O) groups excluding carboxylic acids is 1. The molecule has 0 saturated carbocycles. The molecule has 1 atom stereocenters. The SMILES string of the molecule is Cc1ccccc1[C@@H](C)NCC(=O)N1CCCCC1. The quantitative estimate of drug-likeness (QED) is 0.902. The second-order valence-corrected chi connectivity index (χ2v) is 5.40. The Kier molecular flexibility index (Phi) is 4.97. The number of nitrogens with one attached hydrogen (secondary N) is 1. The predicted molar refractivity (Wildman–Crippen MR) is 78.0 cm³/mol. The summed E-state index contributed by atoms with van der Waals surface area (Å²) in [6.07, 6.45) is 3.56. The third-order valence-corrected chi connectivity index (χ3v) is 3.92. The lowest BCUT2D eigenvalue weighted by Gasteiger charge is -2.27. The number of piperidine rings is 1. The Morgan fingerprint density at radius 3 is 2.63 bits per heavy atom. The van der Waals surface area contributed by atoms with Gasteiger partial charge in [-0.1, -0.05) is 24.3 Å². The van der Waals surface area contributed by atoms with Crippen molar-refractivity contribution in [1.29, 1.82) is 0 Å². The van der Waals surface area contributed by atoms with Gasteiger partial charge >= 0.3 is 0 Å². The first kappa shape index (κ1) is 14.1. The standard InChI is InChI=1S/C16H24N2O/c1-13-8-4-5-9-15(13)14(2)17-12-16(19)18-10-6-3-7-11-18/h4-5,8-9,14,17H,3,6-7,10-12H2,1-2H3/t14-/m1/s1. The summed E-state index contributed by atoms with van der Waals surface area (Å²) in [5.41, 5.74) is 2.54. The Morgan fingerprint density at radius 2 is 1.95 bits per heavy atom. The van der Waals surface area contributed by atoms with Crippen LogP contribution in [0.4, 0.5) is 0 Å². The van der Waals surface area contributed by atoms with Crippen molar-refractivity contribution in [2.24, 2.45) is 0 Å². The van der Waals surface area contributed by atoms with Crippen molar-refractivity contribution in [2.45, 2.75) is 39.2 Å². The molecule has 3 heteroatoms. The van der Waals surface area contributed by atoms with Gasteiger partial charge in [-0.05, 0) is 44.2 Å². The molecular formula is C16H24N2O. The Balaban J connectivity index is 1.84. The Labute approximate surface area is 116 Å². The van der Waals surface area contributed by atoms with Crippen LogP contribution in [0, 0.1) is 6.92 Å². The molecule has 0 bridgehead atoms. The second kappa shape index (κ2) is 6.71. The van der Waals surface area contributed by atoms with E-state index in [0.717, 1.165) is 25.9 Å². The van der Waals surface area contributed by atoms with E-state index in [1.807, 2.05) is 17.0 Å². The van der Waals surface area contributed by atoms with E-state index in [-0.39, 0.29) is 11.9 Å². The average molecular weight is 260 g/mol. The van der Waals surface area contributed by atoms with Crippen LogP contribution in [-0.4, -0.2) is 30.4 Å². The fourth-order valence-electron chi connectivity index (χ4n) is 2.68. The molecule has 3 nitrogen and oxygen atoms in total. The van der Waals surface area contributed by atoms with Gasteiger partial charge in [0.1, 0.15) is 0 Å². The molecule has 1 amide bonds. The molecule has 1 aliphatic heterocycles. The molecule has 0 radical (unpaired) electrons. The number of hydrogen-bond acceptors (Lipinski definition) is 2. The van der Waals surface area contributed by atoms with E-state index in [4.69, 9.17) is 0 Å². The zero-order valence-electron chi connectivity index (χ0n) is 12.0. The molecule has 0 aromatic heterocycles. The van der Waals surface area contributed by atoms with E-state index in [1.54, 1.807) is 0 Å². The Bertz CT molecular complexity index is 425. The molecule has 1 aromatic rings. The first-order valence-electron chi connectivity index (χ1n) is 7.25. The maximum Gasteiger partial charge on any atom is 0.236 e. The zero-order chi connectivity index (χ0) is 13.7. The lowest BCUT2D eigenvalue weighted by molar-refractivity contribution is -0.131. The summed E-state index contributed by atoms with van der Waals surface area (Å²) in [5.74, 6) is 0.236. The van der Waals surface area contributed by atoms with Gasteiger partial charge in [0.05, 0.1) is 6.54 Å². The highest BCUT2D eigenvalue weighted by Gasteiger charge is 2.17. The van der Waals surface area contributed by atoms with Gasteiger partial charge in [-0.2, -0.15) is 0 Å². The first-order valence-corrected chi connectivity index (χ1v) is 7.25. The minimum Gasteiger partial charge on any atom is -0.342 e. The highest BCUT2D eigenvalue weighted by molar-refractivity contribution is 5.78. The van der Waals surface area contributed by atoms with Gasteiger partial charge in [-0.25, -0.2) is 0 Å². The van der Waals surface area contributed by atoms with Crippen LogP contribution in [-0.2, 0) is 4.79 Å². The molecule has 1 fully saturated rings. The fourth-order valence-corrected chi connectivity index (χ4v) is 2.68. The molecule has 1 N–H and O–H groups in total. The van der Waals surface area contributed by atoms with Crippen molar-refractivity contribution in [2.75, 3.05) is 19.6 Å². The highest BCUT2D eigenvalue weighted by atomic mass is 16.2. The normalized spacial score (nSPS) is 17.3. The molecule has 1 saturated heterocycles. The molecule has 2 rings (SSSR count). The Hall–Kier alpha value is -1.35. The van der Waals surface area contributed by atoms with Gasteiger partial charge < -0.3 is 10.2 Å². The van der Waals surface area contributed by atoms with E-state index in [1.165, 1.54) is 17.5 Å². The lowest BCUT2D eigenvalue weighted by Crippen LogP contribution is -2.41. The number of nitrogens with zero attached hydrogens (tertiary/aromatic N) is 1. The van der Waals surface area contributed by atoms with E-state index < -0.39 is 0 Å². The third-order valence-electron chi connectivity index (χ3n) is 3.92. The zero-order valence-corrected chi connectivity index (χ0v) is 12.0. The summed E-state index contributed by atoms with van der Waals surface area (Å²) in [6.45, 7) is 6.53.